The van der Waals surface area contributed by atoms with Crippen molar-refractivity contribution in [3.05, 3.63) is 23.8 Å². The maximum atomic E-state index is 5.85. The topological polar surface area (TPSA) is 69.6 Å². The molecule has 102 valence electrons. The summed E-state index contributed by atoms with van der Waals surface area (Å²) < 4.78 is 1.89. The molecule has 0 spiro atoms. The fourth-order valence-corrected chi connectivity index (χ4v) is 2.14. The van der Waals surface area contributed by atoms with Gasteiger partial charge in [-0.2, -0.15) is 0 Å². The number of aromatic nitrogens is 4. The van der Waals surface area contributed by atoms with Gasteiger partial charge in [0.1, 0.15) is 0 Å². The van der Waals surface area contributed by atoms with Gasteiger partial charge in [-0.05, 0) is 47.0 Å². The molecular formula is C14H21N5. The second-order valence-corrected chi connectivity index (χ2v) is 4.94. The molecule has 0 aliphatic carbocycles. The van der Waals surface area contributed by atoms with E-state index in [4.69, 9.17) is 5.73 Å². The highest BCUT2D eigenvalue weighted by Crippen LogP contribution is 2.22. The lowest BCUT2D eigenvalue weighted by atomic mass is 10.0. The molecule has 2 aromatic rings. The zero-order chi connectivity index (χ0) is 13.8. The summed E-state index contributed by atoms with van der Waals surface area (Å²) in [4.78, 5) is 0. The van der Waals surface area contributed by atoms with Crippen LogP contribution in [0.15, 0.2) is 18.2 Å². The number of hydrogen-bond donors (Lipinski definition) is 1. The zero-order valence-corrected chi connectivity index (χ0v) is 11.8. The normalized spacial score (nSPS) is 11.2. The van der Waals surface area contributed by atoms with E-state index < -0.39 is 0 Å². The Labute approximate surface area is 113 Å². The van der Waals surface area contributed by atoms with Gasteiger partial charge in [-0.15, -0.1) is 5.10 Å². The summed E-state index contributed by atoms with van der Waals surface area (Å²) >= 11 is 0. The van der Waals surface area contributed by atoms with Gasteiger partial charge >= 0.3 is 0 Å². The molecule has 5 nitrogen and oxygen atoms in total. The molecule has 0 amide bonds. The highest BCUT2D eigenvalue weighted by Gasteiger charge is 2.13. The summed E-state index contributed by atoms with van der Waals surface area (Å²) in [7, 11) is 0. The number of nitrogen functional groups attached to an aromatic ring is 1. The standard InChI is InChI=1S/C14H21N5/c1-4-11(5-2)9-19-14(16-17-18-19)12-6-7-13(15)10(3)8-12/h6-8,11H,4-5,9,15H2,1-3H3. The Morgan fingerprint density at radius 2 is 2.00 bits per heavy atom. The molecule has 0 atom stereocenters. The van der Waals surface area contributed by atoms with Crippen molar-refractivity contribution < 1.29 is 0 Å². The third kappa shape index (κ3) is 2.92. The first kappa shape index (κ1) is 13.5. The van der Waals surface area contributed by atoms with Crippen LogP contribution >= 0.6 is 0 Å². The van der Waals surface area contributed by atoms with Crippen molar-refractivity contribution in [3.8, 4) is 11.4 Å². The molecule has 0 aliphatic rings. The van der Waals surface area contributed by atoms with Gasteiger partial charge in [-0.1, -0.05) is 26.7 Å². The van der Waals surface area contributed by atoms with E-state index in [0.29, 0.717) is 5.92 Å². The van der Waals surface area contributed by atoms with Crippen LogP contribution in [0.4, 0.5) is 5.69 Å². The number of rotatable bonds is 5. The molecule has 1 aromatic heterocycles. The number of aryl methyl sites for hydroxylation is 1. The van der Waals surface area contributed by atoms with Crippen LogP contribution in [0.2, 0.25) is 0 Å². The van der Waals surface area contributed by atoms with Gasteiger partial charge in [0.2, 0.25) is 0 Å². The molecule has 0 unspecified atom stereocenters. The van der Waals surface area contributed by atoms with Crippen molar-refractivity contribution >= 4 is 5.69 Å². The fourth-order valence-electron chi connectivity index (χ4n) is 2.14. The van der Waals surface area contributed by atoms with Crippen LogP contribution in [-0.4, -0.2) is 20.2 Å². The summed E-state index contributed by atoms with van der Waals surface area (Å²) in [5.74, 6) is 1.42. The number of nitrogens with two attached hydrogens (primary N) is 1. The summed E-state index contributed by atoms with van der Waals surface area (Å²) in [6.45, 7) is 7.25. The number of anilines is 1. The van der Waals surface area contributed by atoms with E-state index in [1.807, 2.05) is 29.8 Å². The molecule has 1 aromatic carbocycles. The van der Waals surface area contributed by atoms with Crippen LogP contribution in [0, 0.1) is 12.8 Å². The van der Waals surface area contributed by atoms with Gasteiger partial charge in [0.15, 0.2) is 5.82 Å². The van der Waals surface area contributed by atoms with Crippen molar-refractivity contribution in [3.63, 3.8) is 0 Å². The van der Waals surface area contributed by atoms with Gasteiger partial charge in [-0.3, -0.25) is 0 Å². The minimum absolute atomic E-state index is 0.608. The maximum Gasteiger partial charge on any atom is 0.182 e. The van der Waals surface area contributed by atoms with E-state index in [9.17, 15) is 0 Å². The molecule has 19 heavy (non-hydrogen) atoms. The van der Waals surface area contributed by atoms with Crippen molar-refractivity contribution in [2.75, 3.05) is 5.73 Å². The van der Waals surface area contributed by atoms with Crippen LogP contribution < -0.4 is 5.73 Å². The lowest BCUT2D eigenvalue weighted by Gasteiger charge is -2.13. The largest absolute Gasteiger partial charge is 0.399 e. The molecule has 1 heterocycles. The highest BCUT2D eigenvalue weighted by atomic mass is 15.5. The second-order valence-electron chi connectivity index (χ2n) is 4.94. The molecule has 0 radical (unpaired) electrons. The first-order chi connectivity index (χ1) is 9.15. The van der Waals surface area contributed by atoms with E-state index in [0.717, 1.165) is 42.0 Å². The Morgan fingerprint density at radius 3 is 2.63 bits per heavy atom. The summed E-state index contributed by atoms with van der Waals surface area (Å²) in [6, 6.07) is 5.91. The summed E-state index contributed by atoms with van der Waals surface area (Å²) in [5, 5.41) is 12.0. The van der Waals surface area contributed by atoms with Crippen molar-refractivity contribution in [2.24, 2.45) is 5.92 Å². The van der Waals surface area contributed by atoms with Crippen LogP contribution in [0.1, 0.15) is 32.3 Å². The molecule has 0 aliphatic heterocycles. The highest BCUT2D eigenvalue weighted by molar-refractivity contribution is 5.61. The smallest absolute Gasteiger partial charge is 0.182 e. The predicted molar refractivity (Wildman–Crippen MR) is 76.5 cm³/mol. The van der Waals surface area contributed by atoms with Crippen LogP contribution in [-0.2, 0) is 6.54 Å². The Kier molecular flexibility index (Phi) is 4.14. The average Bonchev–Trinajstić information content (AvgIpc) is 2.87. The molecule has 2 N–H and O–H groups in total. The number of nitrogens with zero attached hydrogens (tertiary/aromatic N) is 4. The average molecular weight is 259 g/mol. The predicted octanol–water partition coefficient (Wildman–Crippen LogP) is 2.67. The Balaban J connectivity index is 2.30. The first-order valence-electron chi connectivity index (χ1n) is 6.78. The van der Waals surface area contributed by atoms with Gasteiger partial charge < -0.3 is 5.73 Å². The molecule has 0 bridgehead atoms. The van der Waals surface area contributed by atoms with E-state index >= 15 is 0 Å². The quantitative estimate of drug-likeness (QED) is 0.838. The second kappa shape index (κ2) is 5.82. The zero-order valence-electron chi connectivity index (χ0n) is 11.8. The maximum absolute atomic E-state index is 5.85. The molecule has 0 saturated heterocycles. The van der Waals surface area contributed by atoms with E-state index in [1.54, 1.807) is 0 Å². The third-order valence-corrected chi connectivity index (χ3v) is 3.65. The Bertz CT molecular complexity index is 543. The lowest BCUT2D eigenvalue weighted by Crippen LogP contribution is -2.12. The number of hydrogen-bond acceptors (Lipinski definition) is 4. The van der Waals surface area contributed by atoms with Crippen molar-refractivity contribution in [2.45, 2.75) is 40.2 Å². The molecule has 5 heteroatoms. The lowest BCUT2D eigenvalue weighted by molar-refractivity contribution is 0.392. The SMILES string of the molecule is CCC(CC)Cn1nnnc1-c1ccc(N)c(C)c1. The van der Waals surface area contributed by atoms with Gasteiger partial charge in [0.05, 0.1) is 0 Å². The number of benzene rings is 1. The van der Waals surface area contributed by atoms with Crippen molar-refractivity contribution in [1.82, 2.24) is 20.2 Å². The molecule has 0 saturated carbocycles. The van der Waals surface area contributed by atoms with Gasteiger partial charge in [0, 0.05) is 17.8 Å². The van der Waals surface area contributed by atoms with E-state index in [2.05, 4.69) is 29.4 Å². The molecular weight excluding hydrogens is 238 g/mol. The monoisotopic (exact) mass is 259 g/mol. The fraction of sp³-hybridized carbons (Fsp3) is 0.500. The molecule has 0 fully saturated rings. The van der Waals surface area contributed by atoms with Gasteiger partial charge in [0.25, 0.3) is 0 Å². The van der Waals surface area contributed by atoms with Crippen LogP contribution in [0.5, 0.6) is 0 Å². The van der Waals surface area contributed by atoms with E-state index in [1.165, 1.54) is 0 Å². The third-order valence-electron chi connectivity index (χ3n) is 3.65. The first-order valence-corrected chi connectivity index (χ1v) is 6.78. The minimum atomic E-state index is 0.608. The minimum Gasteiger partial charge on any atom is -0.399 e. The number of tetrazole rings is 1. The Morgan fingerprint density at radius 1 is 1.26 bits per heavy atom. The summed E-state index contributed by atoms with van der Waals surface area (Å²) in [5.41, 5.74) is 8.71. The Hall–Kier alpha value is -1.91. The van der Waals surface area contributed by atoms with E-state index in [-0.39, 0.29) is 0 Å². The molecule has 2 rings (SSSR count). The summed E-state index contributed by atoms with van der Waals surface area (Å²) in [6.07, 6.45) is 2.27. The van der Waals surface area contributed by atoms with Crippen molar-refractivity contribution in [1.29, 1.82) is 0 Å². The van der Waals surface area contributed by atoms with Crippen LogP contribution in [0.3, 0.4) is 0 Å². The van der Waals surface area contributed by atoms with Gasteiger partial charge in [-0.25, -0.2) is 4.68 Å². The van der Waals surface area contributed by atoms with Crippen LogP contribution in [0.25, 0.3) is 11.4 Å².